The minimum Gasteiger partial charge on any atom is -0.506 e. The van der Waals surface area contributed by atoms with Gasteiger partial charge in [0.25, 0.3) is 0 Å². The predicted molar refractivity (Wildman–Crippen MR) is 110 cm³/mol. The van der Waals surface area contributed by atoms with Gasteiger partial charge in [0.2, 0.25) is 0 Å². The Bertz CT molecular complexity index is 686. The lowest BCUT2D eigenvalue weighted by molar-refractivity contribution is 0.478. The highest BCUT2D eigenvalue weighted by molar-refractivity contribution is 8.93. The van der Waals surface area contributed by atoms with Crippen molar-refractivity contribution < 1.29 is 9.52 Å². The van der Waals surface area contributed by atoms with E-state index in [0.717, 1.165) is 5.52 Å². The number of fused-ring (bicyclic) bond motifs is 1. The molecule has 0 radical (unpaired) electrons. The second kappa shape index (κ2) is 15.2. The first-order valence-electron chi connectivity index (χ1n) is 6.60. The van der Waals surface area contributed by atoms with Crippen molar-refractivity contribution in [2.45, 2.75) is 7.43 Å². The molecule has 0 aliphatic carbocycles. The van der Waals surface area contributed by atoms with Crippen LogP contribution in [-0.4, -0.2) is 23.2 Å². The molecule has 0 aliphatic heterocycles. The van der Waals surface area contributed by atoms with Gasteiger partial charge in [-0.2, -0.15) is 0 Å². The molecule has 3 aromatic rings. The maximum Gasteiger partial charge on any atom is 0.417 e. The van der Waals surface area contributed by atoms with E-state index in [9.17, 15) is 4.79 Å². The van der Waals surface area contributed by atoms with Crippen LogP contribution in [0.15, 0.2) is 57.7 Å². The van der Waals surface area contributed by atoms with Crippen LogP contribution in [0, 0.1) is 0 Å². The van der Waals surface area contributed by atoms with Gasteiger partial charge in [-0.15, -0.1) is 17.0 Å². The number of hydrogen-bond donors (Lipinski definition) is 6. The smallest absolute Gasteiger partial charge is 0.417 e. The molecule has 1 heterocycles. The van der Waals surface area contributed by atoms with Gasteiger partial charge in [-0.3, -0.25) is 4.98 Å². The number of phenols is 1. The summed E-state index contributed by atoms with van der Waals surface area (Å²) in [5, 5.41) is 8.79. The van der Waals surface area contributed by atoms with Gasteiger partial charge < -0.3 is 32.9 Å². The number of para-hydroxylation sites is 4. The molecule has 2 aromatic carbocycles. The molecular weight excluding hydrogens is 390 g/mol. The number of aromatic nitrogens is 1. The van der Waals surface area contributed by atoms with Gasteiger partial charge in [0, 0.05) is 13.1 Å². The third-order valence-corrected chi connectivity index (χ3v) is 2.43. The third kappa shape index (κ3) is 10.2. The molecule has 11 N–H and O–H groups in total. The van der Waals surface area contributed by atoms with E-state index in [4.69, 9.17) is 26.7 Å². The molecule has 25 heavy (non-hydrogen) atoms. The van der Waals surface area contributed by atoms with Crippen LogP contribution in [0.4, 0.5) is 5.69 Å². The number of nitrogens with one attached hydrogen (secondary N) is 1. The predicted octanol–water partition coefficient (Wildman–Crippen LogP) is 2.38. The number of halogens is 1. The van der Waals surface area contributed by atoms with Crippen LogP contribution in [0.5, 0.6) is 5.75 Å². The molecule has 142 valence electrons. The van der Waals surface area contributed by atoms with Gasteiger partial charge >= 0.3 is 5.76 Å². The quantitative estimate of drug-likeness (QED) is 0.259. The van der Waals surface area contributed by atoms with E-state index in [0.29, 0.717) is 24.4 Å². The molecule has 8 nitrogen and oxygen atoms in total. The number of hydrogen-bond acceptors (Lipinski definition) is 7. The molecule has 9 heteroatoms. The SMILES string of the molecule is Br.C.N.NCCN.Nc1ccccc1O.O=c1[nH]c2ccccc2o1. The van der Waals surface area contributed by atoms with Gasteiger partial charge in [0.05, 0.1) is 11.2 Å². The summed E-state index contributed by atoms with van der Waals surface area (Å²) in [7, 11) is 0. The molecule has 0 unspecified atom stereocenters. The Labute approximate surface area is 157 Å². The van der Waals surface area contributed by atoms with Crippen LogP contribution in [-0.2, 0) is 0 Å². The van der Waals surface area contributed by atoms with E-state index < -0.39 is 5.76 Å². The van der Waals surface area contributed by atoms with Crippen LogP contribution >= 0.6 is 17.0 Å². The van der Waals surface area contributed by atoms with Gasteiger partial charge in [-0.1, -0.05) is 31.7 Å². The summed E-state index contributed by atoms with van der Waals surface area (Å²) in [6.45, 7) is 1.19. The number of nitrogens with two attached hydrogens (primary N) is 3. The molecule has 0 atom stereocenters. The average molecular weight is 418 g/mol. The highest BCUT2D eigenvalue weighted by atomic mass is 79.9. The number of nitrogen functional groups attached to an aromatic ring is 1. The lowest BCUT2D eigenvalue weighted by Gasteiger charge is -1.92. The van der Waals surface area contributed by atoms with Crippen LogP contribution in [0.1, 0.15) is 7.43 Å². The summed E-state index contributed by atoms with van der Waals surface area (Å²) in [6, 6.07) is 13.9. The highest BCUT2D eigenvalue weighted by Gasteiger charge is 1.95. The summed E-state index contributed by atoms with van der Waals surface area (Å²) >= 11 is 0. The normalized spacial score (nSPS) is 8.24. The minimum absolute atomic E-state index is 0. The fourth-order valence-electron chi connectivity index (χ4n) is 1.38. The van der Waals surface area contributed by atoms with Crippen LogP contribution in [0.2, 0.25) is 0 Å². The summed E-state index contributed by atoms with van der Waals surface area (Å²) < 4.78 is 4.76. The lowest BCUT2D eigenvalue weighted by atomic mass is 10.3. The third-order valence-electron chi connectivity index (χ3n) is 2.43. The zero-order chi connectivity index (χ0) is 16.4. The number of aromatic hydroxyl groups is 1. The number of benzene rings is 2. The first-order valence-corrected chi connectivity index (χ1v) is 6.60. The van der Waals surface area contributed by atoms with Crippen molar-refractivity contribution in [3.05, 3.63) is 59.1 Å². The molecule has 0 bridgehead atoms. The monoisotopic (exact) mass is 417 g/mol. The Morgan fingerprint density at radius 2 is 1.52 bits per heavy atom. The van der Waals surface area contributed by atoms with Crippen molar-refractivity contribution in [1.29, 1.82) is 0 Å². The lowest BCUT2D eigenvalue weighted by Crippen LogP contribution is -2.11. The van der Waals surface area contributed by atoms with Crippen LogP contribution in [0.25, 0.3) is 11.1 Å². The Kier molecular flexibility index (Phi) is 16.7. The van der Waals surface area contributed by atoms with E-state index in [-0.39, 0.29) is 36.3 Å². The number of rotatable bonds is 1. The summed E-state index contributed by atoms with van der Waals surface area (Å²) in [5.74, 6) is -0.256. The Balaban J connectivity index is -0.000000296. The van der Waals surface area contributed by atoms with E-state index in [1.165, 1.54) is 0 Å². The molecule has 1 aromatic heterocycles. The van der Waals surface area contributed by atoms with Crippen molar-refractivity contribution in [3.8, 4) is 5.75 Å². The van der Waals surface area contributed by atoms with Crippen molar-refractivity contribution in [1.82, 2.24) is 11.1 Å². The van der Waals surface area contributed by atoms with Gasteiger partial charge in [0.1, 0.15) is 5.75 Å². The van der Waals surface area contributed by atoms with Gasteiger partial charge in [-0.25, -0.2) is 4.79 Å². The summed E-state index contributed by atoms with van der Waals surface area (Å²) in [6.07, 6.45) is 0. The summed E-state index contributed by atoms with van der Waals surface area (Å²) in [5.41, 5.74) is 16.8. The number of phenolic OH excluding ortho intramolecular Hbond substituents is 1. The maximum atomic E-state index is 10.6. The average Bonchev–Trinajstić information content (AvgIpc) is 2.91. The maximum absolute atomic E-state index is 10.6. The van der Waals surface area contributed by atoms with Crippen molar-refractivity contribution in [2.24, 2.45) is 11.5 Å². The zero-order valence-electron chi connectivity index (χ0n) is 13.1. The fraction of sp³-hybridized carbons (Fsp3) is 0.188. The Morgan fingerprint density at radius 3 is 1.96 bits per heavy atom. The molecule has 0 aliphatic rings. The van der Waals surface area contributed by atoms with Crippen molar-refractivity contribution >= 4 is 33.8 Å². The molecule has 0 fully saturated rings. The first-order chi connectivity index (χ1) is 10.6. The molecule has 0 amide bonds. The van der Waals surface area contributed by atoms with E-state index >= 15 is 0 Å². The molecule has 0 saturated heterocycles. The van der Waals surface area contributed by atoms with E-state index in [1.807, 2.05) is 12.1 Å². The van der Waals surface area contributed by atoms with E-state index in [1.54, 1.807) is 36.4 Å². The van der Waals surface area contributed by atoms with Crippen LogP contribution < -0.4 is 29.1 Å². The Hall–Kier alpha value is -2.33. The second-order valence-corrected chi connectivity index (χ2v) is 4.15. The minimum atomic E-state index is -0.402. The summed E-state index contributed by atoms with van der Waals surface area (Å²) in [4.78, 5) is 13.1. The topological polar surface area (TPSA) is 179 Å². The molecule has 0 spiro atoms. The van der Waals surface area contributed by atoms with Gasteiger partial charge in [0.15, 0.2) is 5.58 Å². The second-order valence-electron chi connectivity index (χ2n) is 4.15. The number of H-pyrrole nitrogens is 1. The number of oxazole rings is 1. The Morgan fingerprint density at radius 1 is 1.00 bits per heavy atom. The standard InChI is InChI=1S/C7H5NO2.C6H7NO.C2H8N2.CH4.BrH.H3N/c9-7-8-5-3-1-2-4-6(5)10-7;7-5-3-1-2-4-6(5)8;3-1-2-4;;;/h1-4H,(H,8,9);1-4,8H,7H2;1-4H2;1H4;1H;1H3. The molecule has 0 saturated carbocycles. The van der Waals surface area contributed by atoms with Crippen molar-refractivity contribution in [2.75, 3.05) is 18.8 Å². The number of aromatic amines is 1. The zero-order valence-corrected chi connectivity index (χ0v) is 14.9. The molecule has 3 rings (SSSR count). The largest absolute Gasteiger partial charge is 0.506 e. The number of anilines is 1. The van der Waals surface area contributed by atoms with E-state index in [2.05, 4.69) is 4.98 Å². The first kappa shape index (κ1) is 27.5. The molecular formula is C16H28BrN5O3. The van der Waals surface area contributed by atoms with Gasteiger partial charge in [-0.05, 0) is 24.3 Å². The van der Waals surface area contributed by atoms with Crippen molar-refractivity contribution in [3.63, 3.8) is 0 Å². The van der Waals surface area contributed by atoms with Crippen LogP contribution in [0.3, 0.4) is 0 Å². The highest BCUT2D eigenvalue weighted by Crippen LogP contribution is 2.16. The fourth-order valence-corrected chi connectivity index (χ4v) is 1.38.